The van der Waals surface area contributed by atoms with E-state index in [4.69, 9.17) is 0 Å². The lowest BCUT2D eigenvalue weighted by Crippen LogP contribution is -2.10. The van der Waals surface area contributed by atoms with E-state index in [9.17, 15) is 4.79 Å². The van der Waals surface area contributed by atoms with Crippen LogP contribution in [0.15, 0.2) is 36.4 Å². The Kier molecular flexibility index (Phi) is 4.99. The van der Waals surface area contributed by atoms with Gasteiger partial charge in [-0.05, 0) is 37.1 Å². The molecule has 0 saturated carbocycles. The van der Waals surface area contributed by atoms with E-state index in [0.717, 1.165) is 35.6 Å². The van der Waals surface area contributed by atoms with Crippen LogP contribution in [-0.4, -0.2) is 15.8 Å². The molecule has 0 aromatic carbocycles. The van der Waals surface area contributed by atoms with E-state index in [1.807, 2.05) is 36.4 Å². The normalized spacial score (nSPS) is 10.5. The number of aryl methyl sites for hydroxylation is 2. The Morgan fingerprint density at radius 3 is 1.60 bits per heavy atom. The number of carbonyl (C=O) groups excluding carboxylic acids is 1. The molecule has 0 aliphatic carbocycles. The predicted octanol–water partition coefficient (Wildman–Crippen LogP) is 2.96. The monoisotopic (exact) mass is 268 g/mol. The predicted molar refractivity (Wildman–Crippen MR) is 79.6 cm³/mol. The van der Waals surface area contributed by atoms with E-state index in [0.29, 0.717) is 12.8 Å². The molecule has 3 nitrogen and oxygen atoms in total. The number of nitrogens with zero attached hydrogens (tertiary/aromatic N) is 2. The lowest BCUT2D eigenvalue weighted by atomic mass is 10.1. The molecule has 0 spiro atoms. The highest BCUT2D eigenvalue weighted by Crippen LogP contribution is 2.06. The lowest BCUT2D eigenvalue weighted by molar-refractivity contribution is -0.117. The van der Waals surface area contributed by atoms with E-state index < -0.39 is 0 Å². The van der Waals surface area contributed by atoms with Crippen molar-refractivity contribution in [3.8, 4) is 0 Å². The first kappa shape index (κ1) is 14.4. The van der Waals surface area contributed by atoms with Crippen LogP contribution in [0, 0.1) is 0 Å². The first-order valence-corrected chi connectivity index (χ1v) is 7.12. The van der Waals surface area contributed by atoms with Crippen molar-refractivity contribution in [2.24, 2.45) is 0 Å². The minimum absolute atomic E-state index is 0.159. The molecule has 2 aromatic heterocycles. The molecule has 0 amide bonds. The third-order valence-corrected chi connectivity index (χ3v) is 3.21. The van der Waals surface area contributed by atoms with E-state index in [-0.39, 0.29) is 5.78 Å². The van der Waals surface area contributed by atoms with Gasteiger partial charge in [-0.25, -0.2) is 0 Å². The van der Waals surface area contributed by atoms with E-state index >= 15 is 0 Å². The van der Waals surface area contributed by atoms with Gasteiger partial charge in [0.05, 0.1) is 0 Å². The van der Waals surface area contributed by atoms with Crippen molar-refractivity contribution in [2.45, 2.75) is 39.5 Å². The Morgan fingerprint density at radius 1 is 0.800 bits per heavy atom. The smallest absolute Gasteiger partial charge is 0.144 e. The van der Waals surface area contributed by atoms with Gasteiger partial charge in [-0.1, -0.05) is 26.0 Å². The Morgan fingerprint density at radius 2 is 1.20 bits per heavy atom. The summed E-state index contributed by atoms with van der Waals surface area (Å²) in [7, 11) is 0. The van der Waals surface area contributed by atoms with E-state index in [2.05, 4.69) is 23.8 Å². The van der Waals surface area contributed by atoms with Crippen molar-refractivity contribution < 1.29 is 4.79 Å². The molecule has 0 fully saturated rings. The van der Waals surface area contributed by atoms with Crippen molar-refractivity contribution in [1.82, 2.24) is 9.97 Å². The summed E-state index contributed by atoms with van der Waals surface area (Å²) in [5.74, 6) is 0.159. The topological polar surface area (TPSA) is 42.9 Å². The minimum Gasteiger partial charge on any atom is -0.299 e. The van der Waals surface area contributed by atoms with Crippen LogP contribution in [0.4, 0.5) is 0 Å². The lowest BCUT2D eigenvalue weighted by Gasteiger charge is -2.04. The first-order chi connectivity index (χ1) is 9.71. The van der Waals surface area contributed by atoms with Crippen molar-refractivity contribution in [1.29, 1.82) is 0 Å². The third-order valence-electron chi connectivity index (χ3n) is 3.21. The van der Waals surface area contributed by atoms with Crippen LogP contribution in [0.1, 0.15) is 36.6 Å². The van der Waals surface area contributed by atoms with Crippen LogP contribution >= 0.6 is 0 Å². The van der Waals surface area contributed by atoms with E-state index in [1.165, 1.54) is 0 Å². The fourth-order valence-corrected chi connectivity index (χ4v) is 2.12. The molecular formula is C17H20N2O. The third kappa shape index (κ3) is 3.98. The quantitative estimate of drug-likeness (QED) is 0.809. The molecule has 0 saturated heterocycles. The summed E-state index contributed by atoms with van der Waals surface area (Å²) in [6, 6.07) is 11.7. The molecule has 0 aliphatic heterocycles. The van der Waals surface area contributed by atoms with Crippen LogP contribution in [0.2, 0.25) is 0 Å². The number of hydrogen-bond acceptors (Lipinski definition) is 3. The average molecular weight is 268 g/mol. The standard InChI is InChI=1S/C17H20N2O/c1-3-13-7-5-9-15(18-13)11-17(20)12-16-10-6-8-14(4-2)19-16/h5-10H,3-4,11-12H2,1-2H3. The van der Waals surface area contributed by atoms with Gasteiger partial charge in [-0.3, -0.25) is 14.8 Å². The Labute approximate surface area is 120 Å². The number of ketones is 1. The van der Waals surface area contributed by atoms with Gasteiger partial charge in [0.25, 0.3) is 0 Å². The van der Waals surface area contributed by atoms with Gasteiger partial charge < -0.3 is 0 Å². The average Bonchev–Trinajstić information content (AvgIpc) is 2.47. The maximum Gasteiger partial charge on any atom is 0.144 e. The van der Waals surface area contributed by atoms with Gasteiger partial charge in [0, 0.05) is 35.6 Å². The summed E-state index contributed by atoms with van der Waals surface area (Å²) >= 11 is 0. The van der Waals surface area contributed by atoms with Gasteiger partial charge in [0.15, 0.2) is 0 Å². The number of hydrogen-bond donors (Lipinski definition) is 0. The second kappa shape index (κ2) is 6.94. The summed E-state index contributed by atoms with van der Waals surface area (Å²) < 4.78 is 0. The zero-order valence-corrected chi connectivity index (χ0v) is 12.1. The Bertz CT molecular complexity index is 542. The summed E-state index contributed by atoms with van der Waals surface area (Å²) in [4.78, 5) is 21.0. The van der Waals surface area contributed by atoms with Crippen LogP contribution in [0.5, 0.6) is 0 Å². The van der Waals surface area contributed by atoms with Gasteiger partial charge in [0.2, 0.25) is 0 Å². The van der Waals surface area contributed by atoms with Gasteiger partial charge in [-0.2, -0.15) is 0 Å². The number of carbonyl (C=O) groups is 1. The molecule has 0 bridgehead atoms. The molecule has 0 N–H and O–H groups in total. The zero-order chi connectivity index (χ0) is 14.4. The van der Waals surface area contributed by atoms with Gasteiger partial charge >= 0.3 is 0 Å². The van der Waals surface area contributed by atoms with Crippen molar-refractivity contribution in [2.75, 3.05) is 0 Å². The van der Waals surface area contributed by atoms with Crippen molar-refractivity contribution in [3.63, 3.8) is 0 Å². The number of rotatable bonds is 6. The minimum atomic E-state index is 0.159. The molecule has 2 rings (SSSR count). The second-order valence-electron chi connectivity index (χ2n) is 4.84. The molecule has 3 heteroatoms. The maximum atomic E-state index is 12.1. The van der Waals surface area contributed by atoms with Crippen molar-refractivity contribution >= 4 is 5.78 Å². The largest absolute Gasteiger partial charge is 0.299 e. The second-order valence-corrected chi connectivity index (χ2v) is 4.84. The van der Waals surface area contributed by atoms with Gasteiger partial charge in [0.1, 0.15) is 5.78 Å². The summed E-state index contributed by atoms with van der Waals surface area (Å²) in [5.41, 5.74) is 3.75. The molecule has 104 valence electrons. The van der Waals surface area contributed by atoms with Gasteiger partial charge in [-0.15, -0.1) is 0 Å². The summed E-state index contributed by atoms with van der Waals surface area (Å²) in [6.45, 7) is 4.13. The Hall–Kier alpha value is -2.03. The highest BCUT2D eigenvalue weighted by atomic mass is 16.1. The molecule has 0 radical (unpaired) electrons. The fourth-order valence-electron chi connectivity index (χ4n) is 2.12. The number of aromatic nitrogens is 2. The molecule has 20 heavy (non-hydrogen) atoms. The van der Waals surface area contributed by atoms with Crippen LogP contribution in [0.3, 0.4) is 0 Å². The highest BCUT2D eigenvalue weighted by Gasteiger charge is 2.08. The first-order valence-electron chi connectivity index (χ1n) is 7.12. The molecule has 2 aromatic rings. The molecule has 2 heterocycles. The molecule has 0 unspecified atom stereocenters. The highest BCUT2D eigenvalue weighted by molar-refractivity contribution is 5.82. The Balaban J connectivity index is 2.01. The maximum absolute atomic E-state index is 12.1. The molecule has 0 aliphatic rings. The summed E-state index contributed by atoms with van der Waals surface area (Å²) in [6.07, 6.45) is 2.54. The fraction of sp³-hybridized carbons (Fsp3) is 0.353. The zero-order valence-electron chi connectivity index (χ0n) is 12.1. The summed E-state index contributed by atoms with van der Waals surface area (Å²) in [5, 5.41) is 0. The van der Waals surface area contributed by atoms with E-state index in [1.54, 1.807) is 0 Å². The van der Waals surface area contributed by atoms with Crippen molar-refractivity contribution in [3.05, 3.63) is 59.2 Å². The number of Topliss-reactive ketones (excluding diaryl/α,β-unsaturated/α-hetero) is 1. The van der Waals surface area contributed by atoms with Crippen LogP contribution in [-0.2, 0) is 30.5 Å². The number of pyridine rings is 2. The van der Waals surface area contributed by atoms with Crippen LogP contribution in [0.25, 0.3) is 0 Å². The SMILES string of the molecule is CCc1cccc(CC(=O)Cc2cccc(CC)n2)n1. The molecule has 0 atom stereocenters. The molecular weight excluding hydrogens is 248 g/mol. The van der Waals surface area contributed by atoms with Crippen LogP contribution < -0.4 is 0 Å².